The van der Waals surface area contributed by atoms with Gasteiger partial charge in [0.15, 0.2) is 0 Å². The van der Waals surface area contributed by atoms with Gasteiger partial charge in [0.2, 0.25) is 10.0 Å². The number of carbonyl (C=O) groups is 1. The van der Waals surface area contributed by atoms with Gasteiger partial charge >= 0.3 is 0 Å². The van der Waals surface area contributed by atoms with Crippen LogP contribution in [-0.4, -0.2) is 42.5 Å². The number of benzene rings is 2. The van der Waals surface area contributed by atoms with Gasteiger partial charge in [-0.25, -0.2) is 17.1 Å². The maximum atomic E-state index is 13.2. The molecule has 3 aromatic rings. The number of halogens is 1. The van der Waals surface area contributed by atoms with E-state index in [2.05, 4.69) is 4.98 Å². The number of nitrogens with two attached hydrogens (primary N) is 1. The number of hydrogen-bond donors (Lipinski definition) is 2. The van der Waals surface area contributed by atoms with Crippen molar-refractivity contribution in [3.63, 3.8) is 0 Å². The minimum Gasteiger partial charge on any atom is -0.366 e. The van der Waals surface area contributed by atoms with Crippen LogP contribution in [0.2, 0.25) is 0 Å². The molecule has 9 heteroatoms. The Labute approximate surface area is 185 Å². The summed E-state index contributed by atoms with van der Waals surface area (Å²) in [4.78, 5) is 17.0. The summed E-state index contributed by atoms with van der Waals surface area (Å²) in [5.74, 6) is -0.536. The highest BCUT2D eigenvalue weighted by molar-refractivity contribution is 7.99. The number of piperidine rings is 1. The Bertz CT molecular complexity index is 1210. The number of primary amides is 1. The highest BCUT2D eigenvalue weighted by Gasteiger charge is 2.29. The first-order valence-corrected chi connectivity index (χ1v) is 12.6. The third kappa shape index (κ3) is 4.49. The van der Waals surface area contributed by atoms with Gasteiger partial charge in [-0.05, 0) is 67.6 Å². The number of sulfonamides is 1. The van der Waals surface area contributed by atoms with Gasteiger partial charge in [-0.2, -0.15) is 0 Å². The minimum atomic E-state index is -3.18. The van der Waals surface area contributed by atoms with Gasteiger partial charge in [0, 0.05) is 34.5 Å². The van der Waals surface area contributed by atoms with E-state index in [9.17, 15) is 17.6 Å². The maximum Gasteiger partial charge on any atom is 0.250 e. The Hall–Kier alpha value is -2.36. The lowest BCUT2D eigenvalue weighted by atomic mass is 9.89. The summed E-state index contributed by atoms with van der Waals surface area (Å²) in [5.41, 5.74) is 7.79. The quantitative estimate of drug-likeness (QED) is 0.578. The second-order valence-corrected chi connectivity index (χ2v) is 11.0. The molecule has 1 aliphatic rings. The zero-order valence-corrected chi connectivity index (χ0v) is 18.7. The normalized spacial score (nSPS) is 16.1. The zero-order chi connectivity index (χ0) is 22.2. The Morgan fingerprint density at radius 1 is 1.19 bits per heavy atom. The van der Waals surface area contributed by atoms with E-state index in [0.29, 0.717) is 37.0 Å². The van der Waals surface area contributed by atoms with E-state index in [1.807, 2.05) is 12.3 Å². The van der Waals surface area contributed by atoms with Crippen molar-refractivity contribution < 1.29 is 17.6 Å². The van der Waals surface area contributed by atoms with E-state index in [1.165, 1.54) is 23.9 Å². The highest BCUT2D eigenvalue weighted by atomic mass is 32.2. The van der Waals surface area contributed by atoms with Crippen LogP contribution in [0.25, 0.3) is 10.9 Å². The van der Waals surface area contributed by atoms with Crippen LogP contribution in [0, 0.1) is 5.82 Å². The Morgan fingerprint density at radius 3 is 2.48 bits per heavy atom. The summed E-state index contributed by atoms with van der Waals surface area (Å²) in [6.07, 6.45) is 3.33. The van der Waals surface area contributed by atoms with Crippen molar-refractivity contribution in [3.8, 4) is 0 Å². The lowest BCUT2D eigenvalue weighted by Gasteiger charge is -2.31. The van der Waals surface area contributed by atoms with E-state index < -0.39 is 15.9 Å². The largest absolute Gasteiger partial charge is 0.366 e. The van der Waals surface area contributed by atoms with Crippen LogP contribution in [0.1, 0.15) is 41.6 Å². The molecule has 1 fully saturated rings. The first-order valence-electron chi connectivity index (χ1n) is 10.1. The number of carbonyl (C=O) groups excluding carboxylic acids is 1. The Kier molecular flexibility index (Phi) is 6.09. The summed E-state index contributed by atoms with van der Waals surface area (Å²) in [6, 6.07) is 9.93. The van der Waals surface area contributed by atoms with E-state index in [0.717, 1.165) is 20.7 Å². The number of hydrogen-bond acceptors (Lipinski definition) is 4. The molecule has 164 valence electrons. The van der Waals surface area contributed by atoms with Crippen LogP contribution >= 0.6 is 11.8 Å². The topological polar surface area (TPSA) is 96.3 Å². The fourth-order valence-electron chi connectivity index (χ4n) is 4.08. The van der Waals surface area contributed by atoms with Crippen LogP contribution in [0.5, 0.6) is 0 Å². The summed E-state index contributed by atoms with van der Waals surface area (Å²) in [5, 5.41) is 0.915. The number of nitrogens with one attached hydrogen (secondary N) is 1. The number of rotatable bonds is 6. The third-order valence-electron chi connectivity index (χ3n) is 5.76. The lowest BCUT2D eigenvalue weighted by molar-refractivity contribution is 0.100. The van der Waals surface area contributed by atoms with Gasteiger partial charge in [0.05, 0.1) is 16.8 Å². The monoisotopic (exact) mass is 461 g/mol. The molecule has 2 heterocycles. The smallest absolute Gasteiger partial charge is 0.250 e. The Morgan fingerprint density at radius 2 is 1.87 bits per heavy atom. The third-order valence-corrected chi connectivity index (χ3v) is 8.62. The van der Waals surface area contributed by atoms with E-state index in [4.69, 9.17) is 5.73 Å². The molecule has 0 bridgehead atoms. The summed E-state index contributed by atoms with van der Waals surface area (Å²) in [7, 11) is -3.18. The predicted molar refractivity (Wildman–Crippen MR) is 120 cm³/mol. The number of H-pyrrole nitrogens is 1. The van der Waals surface area contributed by atoms with Crippen molar-refractivity contribution in [2.45, 2.75) is 35.5 Å². The van der Waals surface area contributed by atoms with Crippen molar-refractivity contribution in [1.82, 2.24) is 9.29 Å². The second kappa shape index (κ2) is 8.64. The molecule has 0 unspecified atom stereocenters. The molecule has 0 aliphatic carbocycles. The molecular weight excluding hydrogens is 437 g/mol. The van der Waals surface area contributed by atoms with Gasteiger partial charge in [-0.15, -0.1) is 0 Å². The number of amides is 1. The first kappa shape index (κ1) is 21.9. The van der Waals surface area contributed by atoms with Gasteiger partial charge in [0.1, 0.15) is 5.82 Å². The molecule has 1 aromatic heterocycles. The fraction of sp³-hybridized carbons (Fsp3) is 0.318. The molecule has 2 aromatic carbocycles. The van der Waals surface area contributed by atoms with Crippen molar-refractivity contribution in [2.24, 2.45) is 5.73 Å². The van der Waals surface area contributed by atoms with Crippen LogP contribution in [0.4, 0.5) is 4.39 Å². The van der Waals surface area contributed by atoms with Gasteiger partial charge < -0.3 is 10.7 Å². The molecule has 31 heavy (non-hydrogen) atoms. The van der Waals surface area contributed by atoms with Crippen molar-refractivity contribution in [3.05, 3.63) is 59.5 Å². The van der Waals surface area contributed by atoms with E-state index in [1.54, 1.807) is 29.4 Å². The molecule has 6 nitrogen and oxygen atoms in total. The summed E-state index contributed by atoms with van der Waals surface area (Å²) in [6.45, 7) is 2.63. The molecule has 4 rings (SSSR count). The molecule has 0 radical (unpaired) electrons. The standard InChI is InChI=1S/C22H24FN3O3S2/c1-2-31(28,29)26-9-7-14(8-10-26)20-13-25-21-18(20)11-17(12-19(21)22(24)27)30-16-5-3-15(23)4-6-16/h3-6,11-14,25H,2,7-10H2,1H3,(H2,24,27). The number of nitrogens with zero attached hydrogens (tertiary/aromatic N) is 1. The van der Waals surface area contributed by atoms with Gasteiger partial charge in [-0.3, -0.25) is 4.79 Å². The van der Waals surface area contributed by atoms with Gasteiger partial charge in [0.25, 0.3) is 5.91 Å². The van der Waals surface area contributed by atoms with E-state index >= 15 is 0 Å². The summed E-state index contributed by atoms with van der Waals surface area (Å²) < 4.78 is 39.1. The molecule has 3 N–H and O–H groups in total. The van der Waals surface area contributed by atoms with Crippen LogP contribution < -0.4 is 5.73 Å². The second-order valence-electron chi connectivity index (χ2n) is 7.63. The van der Waals surface area contributed by atoms with E-state index in [-0.39, 0.29) is 17.5 Å². The van der Waals surface area contributed by atoms with Crippen LogP contribution in [-0.2, 0) is 10.0 Å². The molecule has 0 atom stereocenters. The maximum absolute atomic E-state index is 13.2. The van der Waals surface area contributed by atoms with Crippen LogP contribution in [0.3, 0.4) is 0 Å². The number of fused-ring (bicyclic) bond motifs is 1. The molecule has 1 aliphatic heterocycles. The first-order chi connectivity index (χ1) is 14.8. The molecule has 0 saturated carbocycles. The lowest BCUT2D eigenvalue weighted by Crippen LogP contribution is -2.38. The molecule has 0 spiro atoms. The van der Waals surface area contributed by atoms with Crippen molar-refractivity contribution in [2.75, 3.05) is 18.8 Å². The SMILES string of the molecule is CCS(=O)(=O)N1CCC(c2c[nH]c3c(C(N)=O)cc(Sc4ccc(F)cc4)cc23)CC1. The molecule has 1 amide bonds. The predicted octanol–water partition coefficient (Wildman–Crippen LogP) is 4.09. The van der Waals surface area contributed by atoms with Crippen LogP contribution in [0.15, 0.2) is 52.4 Å². The zero-order valence-electron chi connectivity index (χ0n) is 17.1. The average Bonchev–Trinajstić information content (AvgIpc) is 3.18. The molecule has 1 saturated heterocycles. The van der Waals surface area contributed by atoms with Gasteiger partial charge in [-0.1, -0.05) is 11.8 Å². The number of aromatic nitrogens is 1. The Balaban J connectivity index is 1.67. The van der Waals surface area contributed by atoms with Crippen molar-refractivity contribution in [1.29, 1.82) is 0 Å². The fourth-order valence-corrected chi connectivity index (χ4v) is 6.11. The summed E-state index contributed by atoms with van der Waals surface area (Å²) >= 11 is 1.43. The van der Waals surface area contributed by atoms with Crippen molar-refractivity contribution >= 4 is 38.6 Å². The highest BCUT2D eigenvalue weighted by Crippen LogP contribution is 2.38. The number of aromatic amines is 1. The molecular formula is C22H24FN3O3S2. The minimum absolute atomic E-state index is 0.108. The average molecular weight is 462 g/mol.